The molecule has 0 saturated heterocycles. The molecule has 7 heteroatoms. The van der Waals surface area contributed by atoms with E-state index in [1.165, 1.54) is 0 Å². The van der Waals surface area contributed by atoms with E-state index >= 15 is 0 Å². The lowest BCUT2D eigenvalue weighted by Crippen LogP contribution is -2.23. The predicted octanol–water partition coefficient (Wildman–Crippen LogP) is 1.94. The molecule has 0 amide bonds. The van der Waals surface area contributed by atoms with Gasteiger partial charge in [0.15, 0.2) is 11.6 Å². The first-order chi connectivity index (χ1) is 9.92. The highest BCUT2D eigenvalue weighted by atomic mass is 32.2. The molecule has 0 aliphatic heterocycles. The molecule has 21 heavy (non-hydrogen) atoms. The van der Waals surface area contributed by atoms with E-state index in [0.29, 0.717) is 17.2 Å². The molecule has 0 radical (unpaired) electrons. The summed E-state index contributed by atoms with van der Waals surface area (Å²) < 4.78 is 52.1. The van der Waals surface area contributed by atoms with Gasteiger partial charge in [-0.25, -0.2) is 21.9 Å². The maximum Gasteiger partial charge on any atom is 0.240 e. The van der Waals surface area contributed by atoms with E-state index in [1.807, 2.05) is 0 Å². The summed E-state index contributed by atoms with van der Waals surface area (Å²) in [6.45, 7) is -0.0894. The molecule has 0 aliphatic carbocycles. The van der Waals surface area contributed by atoms with Crippen LogP contribution in [-0.2, 0) is 23.2 Å². The van der Waals surface area contributed by atoms with Gasteiger partial charge in [0.1, 0.15) is 0 Å². The molecule has 2 aromatic rings. The van der Waals surface area contributed by atoms with Crippen molar-refractivity contribution >= 4 is 10.0 Å². The Hall–Kier alpha value is -1.83. The fourth-order valence-corrected chi connectivity index (χ4v) is 2.70. The van der Waals surface area contributed by atoms with Gasteiger partial charge in [-0.2, -0.15) is 0 Å². The summed E-state index contributed by atoms with van der Waals surface area (Å²) in [5.74, 6) is -2.32. The zero-order chi connectivity index (χ0) is 15.5. The summed E-state index contributed by atoms with van der Waals surface area (Å²) in [5, 5.41) is 8.91. The van der Waals surface area contributed by atoms with Gasteiger partial charge in [-0.3, -0.25) is 0 Å². The van der Waals surface area contributed by atoms with Crippen LogP contribution in [0.2, 0.25) is 0 Å². The number of nitrogens with one attached hydrogen (secondary N) is 1. The molecule has 0 unspecified atom stereocenters. The van der Waals surface area contributed by atoms with Crippen LogP contribution in [0, 0.1) is 11.6 Å². The molecular weight excluding hydrogens is 300 g/mol. The zero-order valence-electron chi connectivity index (χ0n) is 10.9. The molecule has 0 saturated carbocycles. The third-order valence-corrected chi connectivity index (χ3v) is 4.27. The molecule has 0 atom stereocenters. The smallest absolute Gasteiger partial charge is 0.240 e. The fraction of sp³-hybridized carbons (Fsp3) is 0.143. The summed E-state index contributed by atoms with van der Waals surface area (Å²) in [7, 11) is -3.92. The van der Waals surface area contributed by atoms with Gasteiger partial charge in [-0.15, -0.1) is 0 Å². The molecular formula is C14H13F2NO3S. The normalized spacial score (nSPS) is 11.6. The number of rotatable bonds is 5. The molecule has 0 heterocycles. The average Bonchev–Trinajstić information content (AvgIpc) is 2.48. The highest BCUT2D eigenvalue weighted by molar-refractivity contribution is 7.89. The van der Waals surface area contributed by atoms with Crippen molar-refractivity contribution in [1.82, 2.24) is 4.72 Å². The first kappa shape index (κ1) is 15.6. The summed E-state index contributed by atoms with van der Waals surface area (Å²) in [6, 6.07) is 9.06. The van der Waals surface area contributed by atoms with Crippen molar-refractivity contribution < 1.29 is 22.3 Å². The largest absolute Gasteiger partial charge is 0.392 e. The van der Waals surface area contributed by atoms with E-state index in [1.54, 1.807) is 24.3 Å². The Bertz CT molecular complexity index is 730. The quantitative estimate of drug-likeness (QED) is 0.886. The van der Waals surface area contributed by atoms with Crippen molar-refractivity contribution in [2.45, 2.75) is 18.0 Å². The molecule has 0 aromatic heterocycles. The lowest BCUT2D eigenvalue weighted by atomic mass is 10.1. The Kier molecular flexibility index (Phi) is 4.66. The van der Waals surface area contributed by atoms with E-state index in [4.69, 9.17) is 5.11 Å². The van der Waals surface area contributed by atoms with Crippen molar-refractivity contribution in [3.8, 4) is 0 Å². The summed E-state index contributed by atoms with van der Waals surface area (Å²) >= 11 is 0. The molecule has 2 rings (SSSR count). The van der Waals surface area contributed by atoms with Gasteiger partial charge < -0.3 is 5.11 Å². The van der Waals surface area contributed by atoms with Gasteiger partial charge in [-0.1, -0.05) is 24.3 Å². The van der Waals surface area contributed by atoms with Crippen LogP contribution in [0.1, 0.15) is 11.1 Å². The Morgan fingerprint density at radius 1 is 0.952 bits per heavy atom. The minimum Gasteiger partial charge on any atom is -0.392 e. The van der Waals surface area contributed by atoms with Crippen LogP contribution in [-0.4, -0.2) is 13.5 Å². The minimum absolute atomic E-state index is 0.00698. The minimum atomic E-state index is -3.92. The predicted molar refractivity (Wildman–Crippen MR) is 72.7 cm³/mol. The van der Waals surface area contributed by atoms with Gasteiger partial charge in [0.25, 0.3) is 0 Å². The maximum atomic E-state index is 13.1. The average molecular weight is 313 g/mol. The number of hydrogen-bond donors (Lipinski definition) is 2. The second kappa shape index (κ2) is 6.30. The van der Waals surface area contributed by atoms with Gasteiger partial charge in [0, 0.05) is 6.54 Å². The topological polar surface area (TPSA) is 66.4 Å². The molecule has 0 aliphatic rings. The number of hydrogen-bond acceptors (Lipinski definition) is 3. The molecule has 0 spiro atoms. The van der Waals surface area contributed by atoms with Crippen molar-refractivity contribution in [3.63, 3.8) is 0 Å². The second-order valence-corrected chi connectivity index (χ2v) is 6.14. The standard InChI is InChI=1S/C14H13F2NO3S/c15-13-6-5-12(7-14(13)16)21(19,20)17-8-10-1-3-11(9-18)4-2-10/h1-7,17-18H,8-9H2. The summed E-state index contributed by atoms with van der Waals surface area (Å²) in [5.41, 5.74) is 1.39. The van der Waals surface area contributed by atoms with E-state index in [0.717, 1.165) is 12.1 Å². The van der Waals surface area contributed by atoms with Crippen LogP contribution < -0.4 is 4.72 Å². The third-order valence-electron chi connectivity index (χ3n) is 2.87. The number of aliphatic hydroxyl groups excluding tert-OH is 1. The van der Waals surface area contributed by atoms with Crippen molar-refractivity contribution in [3.05, 3.63) is 65.2 Å². The van der Waals surface area contributed by atoms with Gasteiger partial charge in [0.2, 0.25) is 10.0 Å². The van der Waals surface area contributed by atoms with Crippen molar-refractivity contribution in [2.75, 3.05) is 0 Å². The Morgan fingerprint density at radius 2 is 1.57 bits per heavy atom. The summed E-state index contributed by atoms with van der Waals surface area (Å²) in [4.78, 5) is -0.339. The zero-order valence-corrected chi connectivity index (χ0v) is 11.7. The van der Waals surface area contributed by atoms with Gasteiger partial charge in [-0.05, 0) is 29.3 Å². The van der Waals surface area contributed by atoms with Gasteiger partial charge >= 0.3 is 0 Å². The SMILES string of the molecule is O=S(=O)(NCc1ccc(CO)cc1)c1ccc(F)c(F)c1. The molecule has 0 fully saturated rings. The number of benzene rings is 2. The molecule has 0 bridgehead atoms. The van der Waals surface area contributed by atoms with Crippen LogP contribution in [0.15, 0.2) is 47.4 Å². The van der Waals surface area contributed by atoms with Crippen LogP contribution >= 0.6 is 0 Å². The van der Waals surface area contributed by atoms with Crippen molar-refractivity contribution in [2.24, 2.45) is 0 Å². The van der Waals surface area contributed by atoms with Crippen LogP contribution in [0.5, 0.6) is 0 Å². The Labute approximate surface area is 121 Å². The third kappa shape index (κ3) is 3.84. The first-order valence-electron chi connectivity index (χ1n) is 6.06. The molecule has 112 valence electrons. The lowest BCUT2D eigenvalue weighted by Gasteiger charge is -2.07. The molecule has 4 nitrogen and oxygen atoms in total. The van der Waals surface area contributed by atoms with Crippen LogP contribution in [0.3, 0.4) is 0 Å². The monoisotopic (exact) mass is 313 g/mol. The number of aliphatic hydroxyl groups is 1. The summed E-state index contributed by atoms with van der Waals surface area (Å²) in [6.07, 6.45) is 0. The van der Waals surface area contributed by atoms with E-state index in [-0.39, 0.29) is 18.0 Å². The second-order valence-electron chi connectivity index (χ2n) is 4.38. The van der Waals surface area contributed by atoms with E-state index in [2.05, 4.69) is 4.72 Å². The maximum absolute atomic E-state index is 13.1. The van der Waals surface area contributed by atoms with E-state index < -0.39 is 21.7 Å². The number of halogens is 2. The highest BCUT2D eigenvalue weighted by Gasteiger charge is 2.16. The fourth-order valence-electron chi connectivity index (χ4n) is 1.67. The lowest BCUT2D eigenvalue weighted by molar-refractivity contribution is 0.282. The highest BCUT2D eigenvalue weighted by Crippen LogP contribution is 2.14. The Morgan fingerprint density at radius 3 is 2.14 bits per heavy atom. The molecule has 2 aromatic carbocycles. The number of sulfonamides is 1. The first-order valence-corrected chi connectivity index (χ1v) is 7.54. The van der Waals surface area contributed by atoms with Crippen LogP contribution in [0.4, 0.5) is 8.78 Å². The van der Waals surface area contributed by atoms with E-state index in [9.17, 15) is 17.2 Å². The molecule has 2 N–H and O–H groups in total. The van der Waals surface area contributed by atoms with Gasteiger partial charge in [0.05, 0.1) is 11.5 Å². The van der Waals surface area contributed by atoms with Crippen molar-refractivity contribution in [1.29, 1.82) is 0 Å². The van der Waals surface area contributed by atoms with Crippen LogP contribution in [0.25, 0.3) is 0 Å². The Balaban J connectivity index is 2.11.